The van der Waals surface area contributed by atoms with Gasteiger partial charge in [-0.25, -0.2) is 9.59 Å². The average Bonchev–Trinajstić information content (AvgIpc) is 2.60. The van der Waals surface area contributed by atoms with Crippen LogP contribution in [0.3, 0.4) is 0 Å². The fraction of sp³-hybridized carbons (Fsp3) is 0.150. The average molecular weight is 430 g/mol. The summed E-state index contributed by atoms with van der Waals surface area (Å²) in [7, 11) is 0. The van der Waals surface area contributed by atoms with E-state index in [9.17, 15) is 14.4 Å². The lowest BCUT2D eigenvalue weighted by Gasteiger charge is -2.09. The highest BCUT2D eigenvalue weighted by atomic mass is 79.9. The molecule has 7 heteroatoms. The van der Waals surface area contributed by atoms with Crippen LogP contribution in [0.15, 0.2) is 62.2 Å². The monoisotopic (exact) mass is 429 g/mol. The molecule has 0 fully saturated rings. The number of rotatable bonds is 4. The summed E-state index contributed by atoms with van der Waals surface area (Å²) in [5.41, 5.74) is -0.234. The van der Waals surface area contributed by atoms with Crippen molar-refractivity contribution in [3.63, 3.8) is 0 Å². The summed E-state index contributed by atoms with van der Waals surface area (Å²) in [4.78, 5) is 36.5. The van der Waals surface area contributed by atoms with Gasteiger partial charge in [0.1, 0.15) is 16.9 Å². The van der Waals surface area contributed by atoms with Crippen molar-refractivity contribution in [3.05, 3.63) is 74.6 Å². The van der Waals surface area contributed by atoms with Crippen LogP contribution in [0.5, 0.6) is 5.75 Å². The highest BCUT2D eigenvalue weighted by Crippen LogP contribution is 2.23. The van der Waals surface area contributed by atoms with Crippen molar-refractivity contribution in [2.45, 2.75) is 19.9 Å². The van der Waals surface area contributed by atoms with Crippen molar-refractivity contribution in [2.75, 3.05) is 0 Å². The number of esters is 1. The number of halogens is 1. The predicted octanol–water partition coefficient (Wildman–Crippen LogP) is 3.91. The van der Waals surface area contributed by atoms with Crippen LogP contribution in [0.1, 0.15) is 34.6 Å². The van der Waals surface area contributed by atoms with Crippen LogP contribution in [-0.2, 0) is 0 Å². The minimum Gasteiger partial charge on any atom is -0.423 e. The summed E-state index contributed by atoms with van der Waals surface area (Å²) in [5, 5.41) is 3.20. The Morgan fingerprint density at radius 1 is 1.07 bits per heavy atom. The Bertz CT molecular complexity index is 1090. The third kappa shape index (κ3) is 4.25. The maximum atomic E-state index is 12.3. The van der Waals surface area contributed by atoms with E-state index in [-0.39, 0.29) is 22.9 Å². The van der Waals surface area contributed by atoms with Crippen LogP contribution < -0.4 is 15.7 Å². The molecule has 0 radical (unpaired) electrons. The van der Waals surface area contributed by atoms with Crippen LogP contribution in [0.2, 0.25) is 0 Å². The topological polar surface area (TPSA) is 85.6 Å². The summed E-state index contributed by atoms with van der Waals surface area (Å²) < 4.78 is 11.2. The van der Waals surface area contributed by atoms with Crippen molar-refractivity contribution in [2.24, 2.45) is 0 Å². The van der Waals surface area contributed by atoms with Crippen LogP contribution in [0.25, 0.3) is 11.0 Å². The molecule has 0 unspecified atom stereocenters. The predicted molar refractivity (Wildman–Crippen MR) is 104 cm³/mol. The minimum atomic E-state index is -0.755. The Hall–Kier alpha value is -2.93. The maximum Gasteiger partial charge on any atom is 0.349 e. The van der Waals surface area contributed by atoms with Gasteiger partial charge in [0.25, 0.3) is 5.91 Å². The first-order chi connectivity index (χ1) is 12.8. The fourth-order valence-electron chi connectivity index (χ4n) is 2.44. The van der Waals surface area contributed by atoms with Crippen LogP contribution in [0, 0.1) is 0 Å². The quantitative estimate of drug-likeness (QED) is 0.385. The SMILES string of the molecule is CC(C)NC(=O)c1cc2ccc(OC(=O)c3ccccc3Br)cc2oc1=O. The van der Waals surface area contributed by atoms with E-state index in [1.54, 1.807) is 50.2 Å². The molecule has 3 rings (SSSR count). The Morgan fingerprint density at radius 2 is 1.81 bits per heavy atom. The molecule has 2 aromatic carbocycles. The summed E-state index contributed by atoms with van der Waals surface area (Å²) in [6.07, 6.45) is 0. The van der Waals surface area contributed by atoms with Gasteiger partial charge < -0.3 is 14.5 Å². The standard InChI is InChI=1S/C20H16BrNO5/c1-11(2)22-18(23)15-9-12-7-8-13(10-17(12)27-20(15)25)26-19(24)14-5-3-4-6-16(14)21/h3-11H,1-2H3,(H,22,23). The third-order valence-corrected chi connectivity index (χ3v) is 4.37. The smallest absolute Gasteiger partial charge is 0.349 e. The number of benzene rings is 2. The van der Waals surface area contributed by atoms with E-state index in [1.807, 2.05) is 0 Å². The Morgan fingerprint density at radius 3 is 2.52 bits per heavy atom. The summed E-state index contributed by atoms with van der Waals surface area (Å²) in [5.74, 6) is -0.812. The lowest BCUT2D eigenvalue weighted by atomic mass is 10.1. The molecule has 6 nitrogen and oxygen atoms in total. The molecule has 0 aliphatic heterocycles. The van der Waals surface area contributed by atoms with Gasteiger partial charge in [-0.3, -0.25) is 4.79 Å². The molecule has 0 atom stereocenters. The molecule has 0 bridgehead atoms. The number of hydrogen-bond acceptors (Lipinski definition) is 5. The zero-order valence-corrected chi connectivity index (χ0v) is 16.2. The largest absolute Gasteiger partial charge is 0.423 e. The Kier molecular flexibility index (Phi) is 5.41. The lowest BCUT2D eigenvalue weighted by molar-refractivity contribution is 0.0733. The molecule has 1 N–H and O–H groups in total. The van der Waals surface area contributed by atoms with E-state index in [1.165, 1.54) is 12.1 Å². The van der Waals surface area contributed by atoms with Crippen molar-refractivity contribution in [3.8, 4) is 5.75 Å². The second-order valence-corrected chi connectivity index (χ2v) is 7.00. The molecule has 3 aromatic rings. The normalized spacial score (nSPS) is 10.8. The Labute approximate surface area is 163 Å². The van der Waals surface area contributed by atoms with Crippen LogP contribution in [-0.4, -0.2) is 17.9 Å². The lowest BCUT2D eigenvalue weighted by Crippen LogP contribution is -2.33. The highest BCUT2D eigenvalue weighted by Gasteiger charge is 2.16. The van der Waals surface area contributed by atoms with Gasteiger partial charge in [0.05, 0.1) is 5.56 Å². The first kappa shape index (κ1) is 18.8. The molecule has 0 saturated carbocycles. The first-order valence-electron chi connectivity index (χ1n) is 8.20. The van der Waals surface area contributed by atoms with Gasteiger partial charge in [0.2, 0.25) is 0 Å². The molecule has 138 valence electrons. The number of nitrogens with one attached hydrogen (secondary N) is 1. The Balaban J connectivity index is 1.90. The molecular weight excluding hydrogens is 414 g/mol. The van der Waals surface area contributed by atoms with Gasteiger partial charge in [-0.2, -0.15) is 0 Å². The second kappa shape index (κ2) is 7.75. The molecule has 0 spiro atoms. The van der Waals surface area contributed by atoms with E-state index in [4.69, 9.17) is 9.15 Å². The number of amides is 1. The van der Waals surface area contributed by atoms with Crippen molar-refractivity contribution >= 4 is 38.8 Å². The number of carbonyl (C=O) groups is 2. The summed E-state index contributed by atoms with van der Waals surface area (Å²) in [6, 6.07) is 12.9. The molecule has 0 aliphatic carbocycles. The number of ether oxygens (including phenoxy) is 1. The van der Waals surface area contributed by atoms with Gasteiger partial charge in [0.15, 0.2) is 0 Å². The summed E-state index contributed by atoms with van der Waals surface area (Å²) >= 11 is 3.30. The number of fused-ring (bicyclic) bond motifs is 1. The van der Waals surface area contributed by atoms with E-state index in [2.05, 4.69) is 21.2 Å². The molecule has 1 heterocycles. The van der Waals surface area contributed by atoms with E-state index >= 15 is 0 Å². The highest BCUT2D eigenvalue weighted by molar-refractivity contribution is 9.10. The van der Waals surface area contributed by atoms with E-state index in [0.717, 1.165) is 0 Å². The van der Waals surface area contributed by atoms with Crippen LogP contribution >= 0.6 is 15.9 Å². The zero-order valence-electron chi connectivity index (χ0n) is 14.6. The zero-order chi connectivity index (χ0) is 19.6. The summed E-state index contributed by atoms with van der Waals surface area (Å²) in [6.45, 7) is 3.60. The van der Waals surface area contributed by atoms with E-state index in [0.29, 0.717) is 15.4 Å². The molecular formula is C20H16BrNO5. The molecule has 1 amide bonds. The van der Waals surface area contributed by atoms with Gasteiger partial charge in [-0.1, -0.05) is 12.1 Å². The van der Waals surface area contributed by atoms with Gasteiger partial charge in [-0.05, 0) is 60.1 Å². The molecule has 1 aromatic heterocycles. The molecule has 0 aliphatic rings. The first-order valence-corrected chi connectivity index (χ1v) is 9.00. The van der Waals surface area contributed by atoms with Crippen LogP contribution in [0.4, 0.5) is 0 Å². The number of hydrogen-bond donors (Lipinski definition) is 1. The number of carbonyl (C=O) groups excluding carboxylic acids is 2. The molecule has 0 saturated heterocycles. The maximum absolute atomic E-state index is 12.3. The van der Waals surface area contributed by atoms with Gasteiger partial charge >= 0.3 is 11.6 Å². The minimum absolute atomic E-state index is 0.0749. The van der Waals surface area contributed by atoms with Crippen molar-refractivity contribution < 1.29 is 18.7 Å². The third-order valence-electron chi connectivity index (χ3n) is 3.68. The van der Waals surface area contributed by atoms with Gasteiger partial charge in [0, 0.05) is 22.0 Å². The fourth-order valence-corrected chi connectivity index (χ4v) is 2.89. The van der Waals surface area contributed by atoms with E-state index < -0.39 is 17.5 Å². The molecule has 27 heavy (non-hydrogen) atoms. The van der Waals surface area contributed by atoms with Crippen molar-refractivity contribution in [1.82, 2.24) is 5.32 Å². The van der Waals surface area contributed by atoms with Crippen molar-refractivity contribution in [1.29, 1.82) is 0 Å². The van der Waals surface area contributed by atoms with Gasteiger partial charge in [-0.15, -0.1) is 0 Å². The second-order valence-electron chi connectivity index (χ2n) is 6.14.